The molecular weight excluding hydrogens is 296 g/mol. The van der Waals surface area contributed by atoms with Gasteiger partial charge in [-0.1, -0.05) is 6.92 Å². The van der Waals surface area contributed by atoms with Crippen LogP contribution in [0.15, 0.2) is 0 Å². The fraction of sp³-hybridized carbons (Fsp3) is 0.889. The molecule has 1 unspecified atom stereocenters. The Labute approximate surface area is 138 Å². The van der Waals surface area contributed by atoms with Gasteiger partial charge in [-0.25, -0.2) is 0 Å². The lowest BCUT2D eigenvalue weighted by Gasteiger charge is -2.62. The maximum atomic E-state index is 13.3. The molecule has 0 spiro atoms. The van der Waals surface area contributed by atoms with E-state index in [1.807, 2.05) is 0 Å². The van der Waals surface area contributed by atoms with E-state index in [-0.39, 0.29) is 41.8 Å². The molecule has 23 heavy (non-hydrogen) atoms. The molecule has 0 N–H and O–H groups in total. The summed E-state index contributed by atoms with van der Waals surface area (Å²) in [6.45, 7) is 8.54. The summed E-state index contributed by atoms with van der Waals surface area (Å²) < 4.78 is 17.0. The normalized spacial score (nSPS) is 44.7. The summed E-state index contributed by atoms with van der Waals surface area (Å²) in [5, 5.41) is 0. The molecule has 5 atom stereocenters. The van der Waals surface area contributed by atoms with Gasteiger partial charge in [-0.3, -0.25) is 9.59 Å². The first-order chi connectivity index (χ1) is 10.7. The molecule has 2 saturated carbocycles. The van der Waals surface area contributed by atoms with E-state index >= 15 is 0 Å². The average Bonchev–Trinajstić information content (AvgIpc) is 2.47. The first kappa shape index (κ1) is 16.9. The van der Waals surface area contributed by atoms with Gasteiger partial charge < -0.3 is 14.2 Å². The van der Waals surface area contributed by atoms with Gasteiger partial charge in [-0.2, -0.15) is 0 Å². The van der Waals surface area contributed by atoms with Crippen LogP contribution >= 0.6 is 0 Å². The molecule has 1 heterocycles. The van der Waals surface area contributed by atoms with Crippen molar-refractivity contribution in [2.24, 2.45) is 23.2 Å². The second-order valence-corrected chi connectivity index (χ2v) is 8.14. The Morgan fingerprint density at radius 2 is 2.00 bits per heavy atom. The van der Waals surface area contributed by atoms with Crippen LogP contribution in [0.5, 0.6) is 0 Å². The second kappa shape index (κ2) is 5.28. The Bertz CT molecular complexity index is 528. The van der Waals surface area contributed by atoms with Gasteiger partial charge in [-0.05, 0) is 51.4 Å². The van der Waals surface area contributed by atoms with Crippen molar-refractivity contribution in [2.45, 2.75) is 58.2 Å². The van der Waals surface area contributed by atoms with Gasteiger partial charge in [0.25, 0.3) is 0 Å². The van der Waals surface area contributed by atoms with Gasteiger partial charge >= 0.3 is 5.97 Å². The van der Waals surface area contributed by atoms with Crippen molar-refractivity contribution in [1.82, 2.24) is 0 Å². The molecule has 0 aromatic rings. The highest BCUT2D eigenvalue weighted by molar-refractivity contribution is 6.05. The third-order valence-electron chi connectivity index (χ3n) is 6.61. The summed E-state index contributed by atoms with van der Waals surface area (Å²) in [5.74, 6) is -0.912. The summed E-state index contributed by atoms with van der Waals surface area (Å²) in [5.41, 5.74) is -1.59. The molecule has 2 bridgehead atoms. The summed E-state index contributed by atoms with van der Waals surface area (Å²) in [6, 6.07) is 0. The number of Topliss-reactive ketones (excluding diaryl/α,β-unsaturated/α-hetero) is 1. The van der Waals surface area contributed by atoms with E-state index in [0.717, 1.165) is 19.3 Å². The molecule has 3 rings (SSSR count). The number of carbonyl (C=O) groups excluding carboxylic acids is 2. The molecule has 1 aliphatic heterocycles. The van der Waals surface area contributed by atoms with Gasteiger partial charge in [0.1, 0.15) is 5.92 Å². The predicted octanol–water partition coefficient (Wildman–Crippen LogP) is 2.36. The maximum absolute atomic E-state index is 13.3. The highest BCUT2D eigenvalue weighted by atomic mass is 16.6. The van der Waals surface area contributed by atoms with E-state index < -0.39 is 17.5 Å². The van der Waals surface area contributed by atoms with Crippen molar-refractivity contribution in [2.75, 3.05) is 20.3 Å². The van der Waals surface area contributed by atoms with E-state index in [0.29, 0.717) is 0 Å². The molecule has 0 amide bonds. The lowest BCUT2D eigenvalue weighted by Crippen LogP contribution is -2.71. The number of hydrogen-bond acceptors (Lipinski definition) is 5. The SMILES string of the molecule is CCOC(=O)[C@@H]1C(=O)[C@]2(OC)COC(C)(C)C3CC[C@@]1(C)C[C@@H]32. The van der Waals surface area contributed by atoms with Crippen molar-refractivity contribution >= 4 is 11.8 Å². The molecule has 3 aliphatic rings. The first-order valence-electron chi connectivity index (χ1n) is 8.62. The fourth-order valence-electron chi connectivity index (χ4n) is 5.27. The van der Waals surface area contributed by atoms with Crippen LogP contribution in [-0.2, 0) is 23.8 Å². The minimum atomic E-state index is -1.00. The average molecular weight is 324 g/mol. The molecule has 2 aliphatic carbocycles. The predicted molar refractivity (Wildman–Crippen MR) is 83.8 cm³/mol. The third kappa shape index (κ3) is 2.19. The monoisotopic (exact) mass is 324 g/mol. The molecule has 1 saturated heterocycles. The van der Waals surface area contributed by atoms with Gasteiger partial charge in [-0.15, -0.1) is 0 Å². The standard InChI is InChI=1S/C18H28O5/c1-6-22-15(20)13-14(19)18(21-5)10-23-16(2,3)11-7-8-17(13,4)9-12(11)18/h11-13H,6-10H2,1-5H3/t11?,12-,13-,17-,18-/m0/s1. The summed E-state index contributed by atoms with van der Waals surface area (Å²) >= 11 is 0. The Hall–Kier alpha value is -0.940. The number of methoxy groups -OCH3 is 1. The van der Waals surface area contributed by atoms with Gasteiger partial charge in [0.05, 0.1) is 18.8 Å². The lowest BCUT2D eigenvalue weighted by atomic mass is 9.47. The molecule has 5 heteroatoms. The van der Waals surface area contributed by atoms with E-state index in [9.17, 15) is 9.59 Å². The van der Waals surface area contributed by atoms with E-state index in [1.165, 1.54) is 0 Å². The second-order valence-electron chi connectivity index (χ2n) is 8.14. The van der Waals surface area contributed by atoms with Gasteiger partial charge in [0.2, 0.25) is 0 Å². The smallest absolute Gasteiger partial charge is 0.317 e. The molecule has 0 radical (unpaired) electrons. The molecule has 5 nitrogen and oxygen atoms in total. The third-order valence-corrected chi connectivity index (χ3v) is 6.61. The summed E-state index contributed by atoms with van der Waals surface area (Å²) in [6.07, 6.45) is 2.60. The van der Waals surface area contributed by atoms with Crippen LogP contribution in [-0.4, -0.2) is 43.3 Å². The van der Waals surface area contributed by atoms with E-state index in [4.69, 9.17) is 14.2 Å². The van der Waals surface area contributed by atoms with Crippen LogP contribution in [0, 0.1) is 23.2 Å². The topological polar surface area (TPSA) is 61.8 Å². The van der Waals surface area contributed by atoms with Crippen molar-refractivity contribution in [3.05, 3.63) is 0 Å². The number of ether oxygens (including phenoxy) is 3. The number of rotatable bonds is 3. The zero-order valence-electron chi connectivity index (χ0n) is 14.8. The van der Waals surface area contributed by atoms with Gasteiger partial charge in [0.15, 0.2) is 11.4 Å². The van der Waals surface area contributed by atoms with Crippen molar-refractivity contribution in [1.29, 1.82) is 0 Å². The Kier molecular flexibility index (Phi) is 3.88. The minimum Gasteiger partial charge on any atom is -0.465 e. The van der Waals surface area contributed by atoms with Crippen LogP contribution in [0.4, 0.5) is 0 Å². The van der Waals surface area contributed by atoms with E-state index in [1.54, 1.807) is 14.0 Å². The minimum absolute atomic E-state index is 0.105. The van der Waals surface area contributed by atoms with Crippen molar-refractivity contribution < 1.29 is 23.8 Å². The highest BCUT2D eigenvalue weighted by Crippen LogP contribution is 2.61. The van der Waals surface area contributed by atoms with Crippen molar-refractivity contribution in [3.63, 3.8) is 0 Å². The van der Waals surface area contributed by atoms with Gasteiger partial charge in [0, 0.05) is 13.0 Å². The molecule has 130 valence electrons. The number of carbonyl (C=O) groups is 2. The van der Waals surface area contributed by atoms with Crippen LogP contribution in [0.25, 0.3) is 0 Å². The molecule has 0 aromatic heterocycles. The maximum Gasteiger partial charge on any atom is 0.317 e. The zero-order chi connectivity index (χ0) is 17.0. The van der Waals surface area contributed by atoms with Crippen LogP contribution in [0.2, 0.25) is 0 Å². The Morgan fingerprint density at radius 3 is 2.61 bits per heavy atom. The Balaban J connectivity index is 2.05. The number of ketones is 1. The van der Waals surface area contributed by atoms with Crippen LogP contribution in [0.3, 0.4) is 0 Å². The Morgan fingerprint density at radius 1 is 1.30 bits per heavy atom. The largest absolute Gasteiger partial charge is 0.465 e. The summed E-state index contributed by atoms with van der Waals surface area (Å²) in [7, 11) is 1.57. The molecule has 0 aromatic carbocycles. The van der Waals surface area contributed by atoms with E-state index in [2.05, 4.69) is 20.8 Å². The lowest BCUT2D eigenvalue weighted by molar-refractivity contribution is -0.260. The highest BCUT2D eigenvalue weighted by Gasteiger charge is 2.69. The number of hydrogen-bond donors (Lipinski definition) is 0. The fourth-order valence-corrected chi connectivity index (χ4v) is 5.27. The van der Waals surface area contributed by atoms with Crippen LogP contribution < -0.4 is 0 Å². The molecular formula is C18H28O5. The first-order valence-corrected chi connectivity index (χ1v) is 8.62. The quantitative estimate of drug-likeness (QED) is 0.589. The van der Waals surface area contributed by atoms with Crippen LogP contribution in [0.1, 0.15) is 47.0 Å². The number of fused-ring (bicyclic) bond motifs is 1. The zero-order valence-corrected chi connectivity index (χ0v) is 14.8. The molecule has 3 fully saturated rings. The number of esters is 1. The van der Waals surface area contributed by atoms with Crippen molar-refractivity contribution in [3.8, 4) is 0 Å². The summed E-state index contributed by atoms with van der Waals surface area (Å²) in [4.78, 5) is 25.9.